The van der Waals surface area contributed by atoms with Crippen molar-refractivity contribution in [2.75, 3.05) is 12.4 Å². The molecule has 1 atom stereocenters. The number of aliphatic hydroxyl groups is 1. The highest BCUT2D eigenvalue weighted by atomic mass is 35.5. The number of amidine groups is 1. The van der Waals surface area contributed by atoms with Gasteiger partial charge in [0.25, 0.3) is 0 Å². The quantitative estimate of drug-likeness (QED) is 0.337. The summed E-state index contributed by atoms with van der Waals surface area (Å²) in [5.74, 6) is -3.92. The van der Waals surface area contributed by atoms with Crippen LogP contribution in [0.5, 0.6) is 0 Å². The lowest BCUT2D eigenvalue weighted by Gasteiger charge is -2.35. The summed E-state index contributed by atoms with van der Waals surface area (Å²) in [5.41, 5.74) is 0.233. The molecule has 0 amide bonds. The molecule has 0 radical (unpaired) electrons. The van der Waals surface area contributed by atoms with Gasteiger partial charge in [-0.1, -0.05) is 17.7 Å². The number of halogens is 3. The molecule has 2 aromatic rings. The monoisotopic (exact) mass is 574 g/mol. The molecule has 37 heavy (non-hydrogen) atoms. The van der Waals surface area contributed by atoms with Crippen molar-refractivity contribution in [2.45, 2.75) is 44.2 Å². The van der Waals surface area contributed by atoms with Crippen molar-refractivity contribution in [3.8, 4) is 0 Å². The predicted molar refractivity (Wildman–Crippen MR) is 135 cm³/mol. The largest absolute Gasteiger partial charge is 0.478 e. The highest BCUT2D eigenvalue weighted by molar-refractivity contribution is 7.89. The van der Waals surface area contributed by atoms with Crippen molar-refractivity contribution in [1.82, 2.24) is 15.0 Å². The Labute approximate surface area is 221 Å². The molecule has 1 saturated carbocycles. The van der Waals surface area contributed by atoms with Crippen LogP contribution in [0.3, 0.4) is 0 Å². The number of allylic oxidation sites excluding steroid dienone is 1. The van der Waals surface area contributed by atoms with Crippen molar-refractivity contribution in [3.63, 3.8) is 0 Å². The number of nitrogens with zero attached hydrogens (tertiary/aromatic N) is 2. The van der Waals surface area contributed by atoms with Crippen LogP contribution >= 0.6 is 22.9 Å². The second-order valence-corrected chi connectivity index (χ2v) is 11.9. The molecule has 1 aromatic heterocycles. The molecule has 0 spiro atoms. The Hall–Kier alpha value is -2.45. The fourth-order valence-electron chi connectivity index (χ4n) is 4.62. The van der Waals surface area contributed by atoms with Gasteiger partial charge in [-0.15, -0.1) is 11.3 Å². The van der Waals surface area contributed by atoms with E-state index in [1.807, 2.05) is 0 Å². The molecular weight excluding hydrogens is 550 g/mol. The number of aromatic nitrogens is 1. The van der Waals surface area contributed by atoms with Crippen LogP contribution in [0.1, 0.15) is 48.7 Å². The number of rotatable bonds is 9. The first-order chi connectivity index (χ1) is 17.6. The van der Waals surface area contributed by atoms with Crippen LogP contribution < -0.4 is 10.0 Å². The summed E-state index contributed by atoms with van der Waals surface area (Å²) < 4.78 is 55.2. The van der Waals surface area contributed by atoms with Crippen molar-refractivity contribution in [3.05, 3.63) is 62.2 Å². The average Bonchev–Trinajstić information content (AvgIpc) is 3.41. The number of benzene rings is 1. The Bertz CT molecular complexity index is 1330. The number of aliphatic hydroxyl groups excluding tert-OH is 1. The van der Waals surface area contributed by atoms with E-state index in [0.717, 1.165) is 6.07 Å². The molecular formula is C23H25ClF2N4O5S2. The van der Waals surface area contributed by atoms with E-state index in [2.05, 4.69) is 20.0 Å². The van der Waals surface area contributed by atoms with Gasteiger partial charge < -0.3 is 15.5 Å². The maximum Gasteiger partial charge on any atom is 0.335 e. The van der Waals surface area contributed by atoms with E-state index in [1.54, 1.807) is 11.6 Å². The van der Waals surface area contributed by atoms with Crippen molar-refractivity contribution in [2.24, 2.45) is 10.9 Å². The normalized spacial score (nSPS) is 22.5. The molecule has 1 aromatic carbocycles. The molecule has 14 heteroatoms. The van der Waals surface area contributed by atoms with Gasteiger partial charge in [0, 0.05) is 35.5 Å². The lowest BCUT2D eigenvalue weighted by molar-refractivity contribution is -0.133. The first-order valence-electron chi connectivity index (χ1n) is 11.6. The average molecular weight is 575 g/mol. The van der Waals surface area contributed by atoms with Crippen LogP contribution in [0.2, 0.25) is 5.02 Å². The van der Waals surface area contributed by atoms with Crippen LogP contribution in [-0.4, -0.2) is 53.8 Å². The second-order valence-electron chi connectivity index (χ2n) is 8.80. The number of aliphatic carboxylic acids is 1. The number of hydrogen-bond acceptors (Lipinski definition) is 8. The fourth-order valence-corrected chi connectivity index (χ4v) is 6.83. The molecule has 2 aliphatic rings. The topological polar surface area (TPSA) is 141 Å². The minimum atomic E-state index is -3.54. The third-order valence-electron chi connectivity index (χ3n) is 6.35. The first-order valence-corrected chi connectivity index (χ1v) is 14.5. The molecule has 0 saturated heterocycles. The summed E-state index contributed by atoms with van der Waals surface area (Å²) in [6.07, 6.45) is 3.55. The zero-order valence-electron chi connectivity index (χ0n) is 19.5. The van der Waals surface area contributed by atoms with Crippen LogP contribution in [0.25, 0.3) is 0 Å². The molecule has 2 heterocycles. The minimum Gasteiger partial charge on any atom is -0.478 e. The van der Waals surface area contributed by atoms with Gasteiger partial charge in [-0.2, -0.15) is 0 Å². The molecule has 1 fully saturated rings. The number of nitrogens with one attached hydrogen (secondary N) is 2. The molecule has 1 unspecified atom stereocenters. The third-order valence-corrected chi connectivity index (χ3v) is 9.04. The lowest BCUT2D eigenvalue weighted by Crippen LogP contribution is -2.42. The van der Waals surface area contributed by atoms with Crippen LogP contribution in [0, 0.1) is 17.6 Å². The Morgan fingerprint density at radius 2 is 1.97 bits per heavy atom. The predicted octanol–water partition coefficient (Wildman–Crippen LogP) is 3.37. The summed E-state index contributed by atoms with van der Waals surface area (Å²) in [7, 11) is -3.54. The van der Waals surface area contributed by atoms with Gasteiger partial charge >= 0.3 is 5.97 Å². The van der Waals surface area contributed by atoms with Crippen molar-refractivity contribution in [1.29, 1.82) is 0 Å². The number of aliphatic imine (C=N–C) groups is 1. The summed E-state index contributed by atoms with van der Waals surface area (Å²) in [6.45, 7) is -0.225. The van der Waals surface area contributed by atoms with Crippen molar-refractivity contribution >= 4 is 44.8 Å². The van der Waals surface area contributed by atoms with E-state index in [1.165, 1.54) is 17.4 Å². The van der Waals surface area contributed by atoms with E-state index in [4.69, 9.17) is 16.7 Å². The van der Waals surface area contributed by atoms with E-state index >= 15 is 0 Å². The Morgan fingerprint density at radius 1 is 1.24 bits per heavy atom. The number of carbonyl (C=O) groups is 1. The van der Waals surface area contributed by atoms with Crippen molar-refractivity contribution < 1.29 is 32.2 Å². The van der Waals surface area contributed by atoms with Gasteiger partial charge in [-0.05, 0) is 44.1 Å². The summed E-state index contributed by atoms with van der Waals surface area (Å²) in [4.78, 5) is 21.2. The van der Waals surface area contributed by atoms with Crippen LogP contribution in [0.15, 0.2) is 40.0 Å². The third kappa shape index (κ3) is 6.17. The molecule has 0 bridgehead atoms. The Kier molecular flexibility index (Phi) is 8.59. The molecule has 1 aliphatic heterocycles. The Morgan fingerprint density at radius 3 is 2.59 bits per heavy atom. The molecule has 200 valence electrons. The second kappa shape index (κ2) is 11.5. The number of carboxylic acids is 1. The zero-order valence-corrected chi connectivity index (χ0v) is 21.8. The van der Waals surface area contributed by atoms with Gasteiger partial charge in [0.2, 0.25) is 10.0 Å². The van der Waals surface area contributed by atoms with Crippen LogP contribution in [-0.2, 0) is 14.8 Å². The van der Waals surface area contributed by atoms with Crippen LogP contribution in [0.4, 0.5) is 8.78 Å². The van der Waals surface area contributed by atoms with Gasteiger partial charge in [-0.3, -0.25) is 4.99 Å². The number of hydrogen-bond donors (Lipinski definition) is 4. The summed E-state index contributed by atoms with van der Waals surface area (Å²) in [6, 6.07) is 0.564. The number of sulfonamides is 1. The van der Waals surface area contributed by atoms with Gasteiger partial charge in [-0.25, -0.2) is 31.7 Å². The highest BCUT2D eigenvalue weighted by Crippen LogP contribution is 2.41. The molecule has 4 N–H and O–H groups in total. The minimum absolute atomic E-state index is 0.0105. The molecule has 4 rings (SSSR count). The standard InChI is InChI=1S/C23H25ClF2N4O5S2/c24-17-14(6-7-15(25)18(17)26)20-16(23(32)33)19(28-21(29-20)22-27-8-10-36-22)12-2-4-13(5-3-12)30-37(34,35)11-1-9-31/h6-8,10,12-13,20,30-31H,1-5,9,11H2,(H,28,29)(H,32,33). The maximum absolute atomic E-state index is 14.3. The molecule has 1 aliphatic carbocycles. The highest BCUT2D eigenvalue weighted by Gasteiger charge is 2.38. The fraction of sp³-hybridized carbons (Fsp3) is 0.435. The smallest absolute Gasteiger partial charge is 0.335 e. The van der Waals surface area contributed by atoms with Gasteiger partial charge in [0.15, 0.2) is 22.5 Å². The SMILES string of the molecule is O=C(O)C1=C(C2CCC(NS(=O)(=O)CCCO)CC2)NC(c2nccs2)=NC1c1ccc(F)c(F)c1Cl. The van der Waals surface area contributed by atoms with Gasteiger partial charge in [0.05, 0.1) is 16.3 Å². The summed E-state index contributed by atoms with van der Waals surface area (Å²) in [5, 5.41) is 23.9. The van der Waals surface area contributed by atoms with E-state index in [9.17, 15) is 27.1 Å². The lowest BCUT2D eigenvalue weighted by atomic mass is 9.80. The summed E-state index contributed by atoms with van der Waals surface area (Å²) >= 11 is 7.38. The number of carboxylic acid groups (broad SMARTS) is 1. The number of thiazole rings is 1. The van der Waals surface area contributed by atoms with E-state index < -0.39 is 38.7 Å². The Balaban J connectivity index is 1.67. The maximum atomic E-state index is 14.3. The first kappa shape index (κ1) is 27.6. The van der Waals surface area contributed by atoms with E-state index in [-0.39, 0.29) is 47.7 Å². The molecule has 9 nitrogen and oxygen atoms in total. The zero-order chi connectivity index (χ0) is 26.7. The van der Waals surface area contributed by atoms with Gasteiger partial charge in [0.1, 0.15) is 6.04 Å². The van der Waals surface area contributed by atoms with E-state index in [0.29, 0.717) is 36.4 Å².